The summed E-state index contributed by atoms with van der Waals surface area (Å²) in [6, 6.07) is 13.8. The van der Waals surface area contributed by atoms with Gasteiger partial charge in [0.2, 0.25) is 0 Å². The molecule has 0 aliphatic rings. The second-order valence-corrected chi connectivity index (χ2v) is 6.08. The third kappa shape index (κ3) is 6.86. The summed E-state index contributed by atoms with van der Waals surface area (Å²) in [6.45, 7) is 4.96. The van der Waals surface area contributed by atoms with Gasteiger partial charge in [-0.1, -0.05) is 18.2 Å². The maximum Gasteiger partial charge on any atom is 0.191 e. The predicted molar refractivity (Wildman–Crippen MR) is 124 cm³/mol. The molecule has 0 saturated carbocycles. The number of aliphatic imine (C=N–C) groups is 1. The van der Waals surface area contributed by atoms with Crippen molar-refractivity contribution in [1.29, 1.82) is 0 Å². The summed E-state index contributed by atoms with van der Waals surface area (Å²) < 4.78 is 12.6. The minimum Gasteiger partial charge on any atom is -0.491 e. The molecule has 0 amide bonds. The number of hydrogen-bond acceptors (Lipinski definition) is 5. The Balaban J connectivity index is 0.00000300. The van der Waals surface area contributed by atoms with Crippen LogP contribution in [0.2, 0.25) is 0 Å². The molecule has 8 nitrogen and oxygen atoms in total. The van der Waals surface area contributed by atoms with E-state index in [1.54, 1.807) is 7.11 Å². The first-order valence-electron chi connectivity index (χ1n) is 9.31. The molecule has 0 unspecified atom stereocenters. The highest BCUT2D eigenvalue weighted by Gasteiger charge is 2.06. The van der Waals surface area contributed by atoms with Crippen LogP contribution in [0.4, 0.5) is 0 Å². The van der Waals surface area contributed by atoms with Crippen LogP contribution >= 0.6 is 24.0 Å². The summed E-state index contributed by atoms with van der Waals surface area (Å²) in [5.41, 5.74) is 1.89. The van der Waals surface area contributed by atoms with E-state index < -0.39 is 0 Å². The Morgan fingerprint density at radius 3 is 2.83 bits per heavy atom. The number of guanidine groups is 1. The molecule has 29 heavy (non-hydrogen) atoms. The summed E-state index contributed by atoms with van der Waals surface area (Å²) in [6.07, 6.45) is 1.95. The second kappa shape index (κ2) is 12.2. The highest BCUT2D eigenvalue weighted by Crippen LogP contribution is 2.14. The van der Waals surface area contributed by atoms with Crippen LogP contribution in [0.15, 0.2) is 53.7 Å². The Labute approximate surface area is 187 Å². The van der Waals surface area contributed by atoms with Gasteiger partial charge in [-0.25, -0.2) is 4.99 Å². The fourth-order valence-electron chi connectivity index (χ4n) is 2.66. The van der Waals surface area contributed by atoms with Crippen LogP contribution in [0.25, 0.3) is 5.65 Å². The SMILES string of the molecule is CCNC(=NCc1cccc(OCCOC)c1)NCc1nnc2ccccn12.I. The van der Waals surface area contributed by atoms with Crippen molar-refractivity contribution in [3.8, 4) is 5.75 Å². The first-order chi connectivity index (χ1) is 13.8. The van der Waals surface area contributed by atoms with Gasteiger partial charge in [0.05, 0.1) is 19.7 Å². The van der Waals surface area contributed by atoms with Gasteiger partial charge in [0.1, 0.15) is 12.4 Å². The van der Waals surface area contributed by atoms with Crippen molar-refractivity contribution in [2.45, 2.75) is 20.0 Å². The molecular formula is C20H27IN6O2. The van der Waals surface area contributed by atoms with Gasteiger partial charge in [-0.05, 0) is 36.8 Å². The molecule has 1 aromatic carbocycles. The number of pyridine rings is 1. The van der Waals surface area contributed by atoms with Gasteiger partial charge < -0.3 is 20.1 Å². The van der Waals surface area contributed by atoms with Gasteiger partial charge in [0.15, 0.2) is 17.4 Å². The number of rotatable bonds is 9. The van der Waals surface area contributed by atoms with Crippen LogP contribution in [0.1, 0.15) is 18.3 Å². The standard InChI is InChI=1S/C20H26N6O2.HI/c1-3-21-20(23-15-19-25-24-18-9-4-5-10-26(18)19)22-14-16-7-6-8-17(13-16)28-12-11-27-2;/h4-10,13H,3,11-12,14-15H2,1-2H3,(H2,21,22,23);1H. The number of hydrogen-bond donors (Lipinski definition) is 2. The third-order valence-electron chi connectivity index (χ3n) is 4.02. The van der Waals surface area contributed by atoms with Gasteiger partial charge in [0, 0.05) is 19.9 Å². The predicted octanol–water partition coefficient (Wildman–Crippen LogP) is 2.63. The number of nitrogens with zero attached hydrogens (tertiary/aromatic N) is 4. The van der Waals surface area contributed by atoms with Crippen molar-refractivity contribution in [1.82, 2.24) is 25.2 Å². The molecule has 156 valence electrons. The highest BCUT2D eigenvalue weighted by atomic mass is 127. The van der Waals surface area contributed by atoms with E-state index in [2.05, 4.69) is 25.8 Å². The largest absolute Gasteiger partial charge is 0.491 e. The Kier molecular flexibility index (Phi) is 9.65. The summed E-state index contributed by atoms with van der Waals surface area (Å²) in [4.78, 5) is 4.66. The maximum atomic E-state index is 5.66. The molecule has 0 fully saturated rings. The van der Waals surface area contributed by atoms with Crippen molar-refractivity contribution in [2.75, 3.05) is 26.9 Å². The lowest BCUT2D eigenvalue weighted by Crippen LogP contribution is -2.37. The Morgan fingerprint density at radius 2 is 2.00 bits per heavy atom. The zero-order chi connectivity index (χ0) is 19.6. The first kappa shape index (κ1) is 22.9. The van der Waals surface area contributed by atoms with Crippen LogP contribution in [0, 0.1) is 0 Å². The lowest BCUT2D eigenvalue weighted by atomic mass is 10.2. The van der Waals surface area contributed by atoms with Crippen LogP contribution in [0.3, 0.4) is 0 Å². The van der Waals surface area contributed by atoms with Crippen molar-refractivity contribution in [3.05, 3.63) is 60.0 Å². The van der Waals surface area contributed by atoms with Crippen molar-refractivity contribution in [3.63, 3.8) is 0 Å². The molecule has 2 N–H and O–H groups in total. The molecule has 0 atom stereocenters. The van der Waals surface area contributed by atoms with Crippen molar-refractivity contribution in [2.24, 2.45) is 4.99 Å². The van der Waals surface area contributed by atoms with Gasteiger partial charge in [-0.2, -0.15) is 0 Å². The molecular weight excluding hydrogens is 483 g/mol. The topological polar surface area (TPSA) is 85.1 Å². The van der Waals surface area contributed by atoms with E-state index in [9.17, 15) is 0 Å². The van der Waals surface area contributed by atoms with E-state index in [0.29, 0.717) is 26.3 Å². The second-order valence-electron chi connectivity index (χ2n) is 6.08. The number of halogens is 1. The first-order valence-corrected chi connectivity index (χ1v) is 9.31. The number of fused-ring (bicyclic) bond motifs is 1. The molecule has 0 aliphatic heterocycles. The van der Waals surface area contributed by atoms with E-state index in [4.69, 9.17) is 9.47 Å². The summed E-state index contributed by atoms with van der Waals surface area (Å²) >= 11 is 0. The molecule has 0 spiro atoms. The zero-order valence-electron chi connectivity index (χ0n) is 16.7. The molecule has 3 aromatic rings. The van der Waals surface area contributed by atoms with Crippen LogP contribution < -0.4 is 15.4 Å². The third-order valence-corrected chi connectivity index (χ3v) is 4.02. The van der Waals surface area contributed by atoms with E-state index in [-0.39, 0.29) is 24.0 Å². The Morgan fingerprint density at radius 1 is 1.10 bits per heavy atom. The normalized spacial score (nSPS) is 11.2. The fraction of sp³-hybridized carbons (Fsp3) is 0.350. The highest BCUT2D eigenvalue weighted by molar-refractivity contribution is 14.0. The van der Waals surface area contributed by atoms with Crippen molar-refractivity contribution >= 4 is 35.6 Å². The Hall–Kier alpha value is -2.40. The number of benzene rings is 1. The van der Waals surface area contributed by atoms with Crippen LogP contribution in [-0.4, -0.2) is 47.4 Å². The van der Waals surface area contributed by atoms with E-state index in [0.717, 1.165) is 35.3 Å². The fourth-order valence-corrected chi connectivity index (χ4v) is 2.66. The smallest absolute Gasteiger partial charge is 0.191 e. The minimum absolute atomic E-state index is 0. The average molecular weight is 510 g/mol. The summed E-state index contributed by atoms with van der Waals surface area (Å²) in [5, 5.41) is 15.0. The number of methoxy groups -OCH3 is 1. The average Bonchev–Trinajstić information content (AvgIpc) is 3.14. The van der Waals surface area contributed by atoms with E-state index in [1.807, 2.05) is 60.0 Å². The van der Waals surface area contributed by atoms with Crippen molar-refractivity contribution < 1.29 is 9.47 Å². The molecule has 9 heteroatoms. The molecule has 2 heterocycles. The molecule has 3 rings (SSSR count). The molecule has 0 saturated heterocycles. The van der Waals surface area contributed by atoms with E-state index >= 15 is 0 Å². The van der Waals surface area contributed by atoms with Gasteiger partial charge >= 0.3 is 0 Å². The van der Waals surface area contributed by atoms with E-state index in [1.165, 1.54) is 0 Å². The summed E-state index contributed by atoms with van der Waals surface area (Å²) in [5.74, 6) is 2.37. The number of nitrogens with one attached hydrogen (secondary N) is 2. The number of ether oxygens (including phenoxy) is 2. The van der Waals surface area contributed by atoms with Crippen LogP contribution in [-0.2, 0) is 17.8 Å². The lowest BCUT2D eigenvalue weighted by molar-refractivity contribution is 0.146. The molecule has 0 radical (unpaired) electrons. The molecule has 2 aromatic heterocycles. The molecule has 0 aliphatic carbocycles. The molecule has 0 bridgehead atoms. The zero-order valence-corrected chi connectivity index (χ0v) is 19.0. The van der Waals surface area contributed by atoms with Crippen LogP contribution in [0.5, 0.6) is 5.75 Å². The maximum absolute atomic E-state index is 5.66. The number of aromatic nitrogens is 3. The van der Waals surface area contributed by atoms with Gasteiger partial charge in [0.25, 0.3) is 0 Å². The van der Waals surface area contributed by atoms with Gasteiger partial charge in [-0.3, -0.25) is 4.40 Å². The lowest BCUT2D eigenvalue weighted by Gasteiger charge is -2.11. The Bertz CT molecular complexity index is 915. The minimum atomic E-state index is 0. The monoisotopic (exact) mass is 510 g/mol. The van der Waals surface area contributed by atoms with Gasteiger partial charge in [-0.15, -0.1) is 34.2 Å². The quantitative estimate of drug-likeness (QED) is 0.199. The summed E-state index contributed by atoms with van der Waals surface area (Å²) in [7, 11) is 1.66.